The number of ether oxygens (including phenoxy) is 2. The van der Waals surface area contributed by atoms with Gasteiger partial charge in [-0.05, 0) is 67.3 Å². The SMILES string of the molecule is CCCCCCCOc1ccc(C(=O)NNC(=O)c2ccc(OCCC(C)C)cc2)cc1. The molecule has 6 nitrogen and oxygen atoms in total. The molecule has 2 amide bonds. The lowest BCUT2D eigenvalue weighted by molar-refractivity contribution is 0.0846. The number of amides is 2. The van der Waals surface area contributed by atoms with E-state index in [1.807, 2.05) is 0 Å². The molecule has 0 bridgehead atoms. The van der Waals surface area contributed by atoms with Crippen molar-refractivity contribution >= 4 is 11.8 Å². The van der Waals surface area contributed by atoms with Crippen molar-refractivity contribution in [3.8, 4) is 11.5 Å². The lowest BCUT2D eigenvalue weighted by Gasteiger charge is -2.10. The van der Waals surface area contributed by atoms with Crippen molar-refractivity contribution in [1.29, 1.82) is 0 Å². The van der Waals surface area contributed by atoms with E-state index in [4.69, 9.17) is 9.47 Å². The molecule has 0 aliphatic carbocycles. The van der Waals surface area contributed by atoms with Crippen LogP contribution in [0.4, 0.5) is 0 Å². The highest BCUT2D eigenvalue weighted by Crippen LogP contribution is 2.14. The van der Waals surface area contributed by atoms with E-state index >= 15 is 0 Å². The van der Waals surface area contributed by atoms with Gasteiger partial charge in [0.05, 0.1) is 13.2 Å². The van der Waals surface area contributed by atoms with Gasteiger partial charge in [0, 0.05) is 11.1 Å². The third-order valence-corrected chi connectivity index (χ3v) is 5.00. The summed E-state index contributed by atoms with van der Waals surface area (Å²) in [6, 6.07) is 13.7. The number of carbonyl (C=O) groups is 2. The molecular formula is C26H36N2O4. The maximum Gasteiger partial charge on any atom is 0.269 e. The topological polar surface area (TPSA) is 76.7 Å². The Morgan fingerprint density at radius 3 is 1.66 bits per heavy atom. The number of hydrogen-bond donors (Lipinski definition) is 2. The van der Waals surface area contributed by atoms with Crippen molar-refractivity contribution in [3.05, 3.63) is 59.7 Å². The first-order valence-electron chi connectivity index (χ1n) is 11.6. The molecule has 2 N–H and O–H groups in total. The second-order valence-corrected chi connectivity index (χ2v) is 8.25. The molecule has 0 radical (unpaired) electrons. The molecule has 2 aromatic rings. The van der Waals surface area contributed by atoms with Crippen LogP contribution in [0.2, 0.25) is 0 Å². The molecule has 2 aromatic carbocycles. The van der Waals surface area contributed by atoms with Crippen LogP contribution in [0.3, 0.4) is 0 Å². The number of benzene rings is 2. The number of unbranched alkanes of at least 4 members (excludes halogenated alkanes) is 4. The normalized spacial score (nSPS) is 10.6. The van der Waals surface area contributed by atoms with Gasteiger partial charge in [0.25, 0.3) is 11.8 Å². The largest absolute Gasteiger partial charge is 0.494 e. The first kappa shape index (κ1) is 25.2. The molecule has 6 heteroatoms. The Hall–Kier alpha value is -3.02. The highest BCUT2D eigenvalue weighted by atomic mass is 16.5. The van der Waals surface area contributed by atoms with Crippen LogP contribution in [0.15, 0.2) is 48.5 Å². The molecule has 174 valence electrons. The molecule has 0 fully saturated rings. The van der Waals surface area contributed by atoms with E-state index in [9.17, 15) is 9.59 Å². The van der Waals surface area contributed by atoms with Crippen molar-refractivity contribution < 1.29 is 19.1 Å². The molecular weight excluding hydrogens is 404 g/mol. The fourth-order valence-corrected chi connectivity index (χ4v) is 2.97. The first-order chi connectivity index (χ1) is 15.5. The van der Waals surface area contributed by atoms with Gasteiger partial charge in [-0.15, -0.1) is 0 Å². The molecule has 0 aromatic heterocycles. The van der Waals surface area contributed by atoms with Crippen LogP contribution in [-0.2, 0) is 0 Å². The molecule has 0 heterocycles. The molecule has 0 saturated heterocycles. The van der Waals surface area contributed by atoms with Crippen molar-refractivity contribution in [2.75, 3.05) is 13.2 Å². The Morgan fingerprint density at radius 1 is 0.719 bits per heavy atom. The van der Waals surface area contributed by atoms with Crippen LogP contribution in [0, 0.1) is 5.92 Å². The third kappa shape index (κ3) is 9.41. The van der Waals surface area contributed by atoms with Crippen LogP contribution < -0.4 is 20.3 Å². The fraction of sp³-hybridized carbons (Fsp3) is 0.462. The quantitative estimate of drug-likeness (QED) is 0.317. The van der Waals surface area contributed by atoms with E-state index in [-0.39, 0.29) is 0 Å². The van der Waals surface area contributed by atoms with Crippen LogP contribution >= 0.6 is 0 Å². The minimum atomic E-state index is -0.393. The minimum absolute atomic E-state index is 0.391. The monoisotopic (exact) mass is 440 g/mol. The number of carbonyl (C=O) groups excluding carboxylic acids is 2. The predicted molar refractivity (Wildman–Crippen MR) is 127 cm³/mol. The van der Waals surface area contributed by atoms with E-state index in [1.54, 1.807) is 48.5 Å². The molecule has 32 heavy (non-hydrogen) atoms. The number of hydrazine groups is 1. The Labute approximate surface area is 191 Å². The van der Waals surface area contributed by atoms with Crippen molar-refractivity contribution in [2.24, 2.45) is 5.92 Å². The molecule has 0 saturated carbocycles. The predicted octanol–water partition coefficient (Wildman–Crippen LogP) is 5.54. The van der Waals surface area contributed by atoms with Gasteiger partial charge in [-0.3, -0.25) is 20.4 Å². The molecule has 0 atom stereocenters. The van der Waals surface area contributed by atoms with Crippen LogP contribution in [0.1, 0.15) is 80.0 Å². The van der Waals surface area contributed by atoms with E-state index in [2.05, 4.69) is 31.6 Å². The minimum Gasteiger partial charge on any atom is -0.494 e. The zero-order valence-corrected chi connectivity index (χ0v) is 19.5. The summed E-state index contributed by atoms with van der Waals surface area (Å²) in [6.45, 7) is 7.80. The van der Waals surface area contributed by atoms with E-state index < -0.39 is 11.8 Å². The van der Waals surface area contributed by atoms with E-state index in [0.717, 1.165) is 24.3 Å². The van der Waals surface area contributed by atoms with Crippen molar-refractivity contribution in [1.82, 2.24) is 10.9 Å². The van der Waals surface area contributed by atoms with Gasteiger partial charge in [0.2, 0.25) is 0 Å². The summed E-state index contributed by atoms with van der Waals surface area (Å²) >= 11 is 0. The van der Waals surface area contributed by atoms with Crippen molar-refractivity contribution in [3.63, 3.8) is 0 Å². The van der Waals surface area contributed by atoms with Crippen LogP contribution in [0.25, 0.3) is 0 Å². The zero-order valence-electron chi connectivity index (χ0n) is 19.5. The Balaban J connectivity index is 1.72. The summed E-state index contributed by atoms with van der Waals surface area (Å²) in [5, 5.41) is 0. The maximum atomic E-state index is 12.3. The summed E-state index contributed by atoms with van der Waals surface area (Å²) in [7, 11) is 0. The Bertz CT molecular complexity index is 817. The summed E-state index contributed by atoms with van der Waals surface area (Å²) in [5.74, 6) is 1.24. The van der Waals surface area contributed by atoms with Gasteiger partial charge in [-0.25, -0.2) is 0 Å². The molecule has 0 aliphatic heterocycles. The number of hydrogen-bond acceptors (Lipinski definition) is 4. The molecule has 2 rings (SSSR count). The maximum absolute atomic E-state index is 12.3. The van der Waals surface area contributed by atoms with Crippen molar-refractivity contribution in [2.45, 2.75) is 59.3 Å². The molecule has 0 spiro atoms. The fourth-order valence-electron chi connectivity index (χ4n) is 2.97. The average Bonchev–Trinajstić information content (AvgIpc) is 2.80. The lowest BCUT2D eigenvalue weighted by atomic mass is 10.1. The lowest BCUT2D eigenvalue weighted by Crippen LogP contribution is -2.41. The van der Waals surface area contributed by atoms with Gasteiger partial charge >= 0.3 is 0 Å². The Morgan fingerprint density at radius 2 is 1.19 bits per heavy atom. The third-order valence-electron chi connectivity index (χ3n) is 5.00. The van der Waals surface area contributed by atoms with Gasteiger partial charge in [-0.1, -0.05) is 46.5 Å². The summed E-state index contributed by atoms with van der Waals surface area (Å²) in [6.07, 6.45) is 6.89. The van der Waals surface area contributed by atoms with E-state index in [1.165, 1.54) is 25.7 Å². The molecule has 0 aliphatic rings. The Kier molecular flexibility index (Phi) is 11.1. The van der Waals surface area contributed by atoms with Crippen LogP contribution in [0.5, 0.6) is 11.5 Å². The summed E-state index contributed by atoms with van der Waals surface area (Å²) in [4.78, 5) is 24.6. The highest BCUT2D eigenvalue weighted by Gasteiger charge is 2.10. The van der Waals surface area contributed by atoms with Gasteiger partial charge in [0.1, 0.15) is 11.5 Å². The highest BCUT2D eigenvalue weighted by molar-refractivity contribution is 5.99. The van der Waals surface area contributed by atoms with Gasteiger partial charge in [0.15, 0.2) is 0 Å². The smallest absolute Gasteiger partial charge is 0.269 e. The van der Waals surface area contributed by atoms with Gasteiger partial charge < -0.3 is 9.47 Å². The van der Waals surface area contributed by atoms with E-state index in [0.29, 0.717) is 30.3 Å². The van der Waals surface area contributed by atoms with Gasteiger partial charge in [-0.2, -0.15) is 0 Å². The second kappa shape index (κ2) is 14.1. The molecule has 0 unspecified atom stereocenters. The number of nitrogens with one attached hydrogen (secondary N) is 2. The zero-order chi connectivity index (χ0) is 23.2. The summed E-state index contributed by atoms with van der Waals surface area (Å²) < 4.78 is 11.4. The summed E-state index contributed by atoms with van der Waals surface area (Å²) in [5.41, 5.74) is 5.75. The van der Waals surface area contributed by atoms with Crippen LogP contribution in [-0.4, -0.2) is 25.0 Å². The first-order valence-corrected chi connectivity index (χ1v) is 11.6. The average molecular weight is 441 g/mol. The second-order valence-electron chi connectivity index (χ2n) is 8.25. The standard InChI is InChI=1S/C26H36N2O4/c1-4-5-6-7-8-18-31-23-13-9-21(10-14-23)25(29)27-28-26(30)22-11-15-24(16-12-22)32-19-17-20(2)3/h9-16,20H,4-8,17-19H2,1-3H3,(H,27,29)(H,28,30). The number of rotatable bonds is 13.